The predicted molar refractivity (Wildman–Crippen MR) is 89.7 cm³/mol. The summed E-state index contributed by atoms with van der Waals surface area (Å²) in [6.45, 7) is 1.90. The van der Waals surface area contributed by atoms with Crippen molar-refractivity contribution in [3.63, 3.8) is 0 Å². The molecule has 116 valence electrons. The van der Waals surface area contributed by atoms with Gasteiger partial charge in [0.25, 0.3) is 5.91 Å². The monoisotopic (exact) mass is 306 g/mol. The maximum absolute atomic E-state index is 12.2. The second-order valence-corrected chi connectivity index (χ2v) is 5.53. The summed E-state index contributed by atoms with van der Waals surface area (Å²) in [6, 6.07) is 17.3. The lowest BCUT2D eigenvalue weighted by Gasteiger charge is -2.18. The normalized spacial score (nSPS) is 13.5. The van der Waals surface area contributed by atoms with E-state index in [1.54, 1.807) is 18.3 Å². The first-order valence-corrected chi connectivity index (χ1v) is 7.52. The molecule has 2 atom stereocenters. The van der Waals surface area contributed by atoms with Gasteiger partial charge in [-0.2, -0.15) is 0 Å². The van der Waals surface area contributed by atoms with Crippen molar-refractivity contribution >= 4 is 16.7 Å². The zero-order valence-electron chi connectivity index (χ0n) is 12.8. The van der Waals surface area contributed by atoms with E-state index in [-0.39, 0.29) is 6.04 Å². The van der Waals surface area contributed by atoms with Crippen molar-refractivity contribution in [2.45, 2.75) is 19.1 Å². The molecular formula is C19H18N2O2. The fourth-order valence-electron chi connectivity index (χ4n) is 2.54. The summed E-state index contributed by atoms with van der Waals surface area (Å²) in [5.74, 6) is -0.432. The van der Waals surface area contributed by atoms with E-state index in [1.807, 2.05) is 37.3 Å². The zero-order valence-corrected chi connectivity index (χ0v) is 12.8. The number of aliphatic hydroxyl groups excluding tert-OH is 1. The molecule has 2 aromatic carbocycles. The summed E-state index contributed by atoms with van der Waals surface area (Å²) >= 11 is 0. The molecule has 4 heteroatoms. The maximum Gasteiger partial charge on any atom is 0.254 e. The highest BCUT2D eigenvalue weighted by atomic mass is 16.3. The van der Waals surface area contributed by atoms with Crippen LogP contribution in [0.3, 0.4) is 0 Å². The van der Waals surface area contributed by atoms with Gasteiger partial charge in [-0.15, -0.1) is 0 Å². The molecule has 4 nitrogen and oxygen atoms in total. The second-order valence-electron chi connectivity index (χ2n) is 5.53. The van der Waals surface area contributed by atoms with Gasteiger partial charge in [0.15, 0.2) is 6.10 Å². The molecule has 0 unspecified atom stereocenters. The zero-order chi connectivity index (χ0) is 16.2. The minimum absolute atomic E-state index is 0.196. The van der Waals surface area contributed by atoms with E-state index < -0.39 is 12.0 Å². The third kappa shape index (κ3) is 3.38. The van der Waals surface area contributed by atoms with Crippen molar-refractivity contribution in [3.05, 3.63) is 78.1 Å². The molecule has 0 fully saturated rings. The van der Waals surface area contributed by atoms with Gasteiger partial charge in [-0.05, 0) is 35.4 Å². The number of carbonyl (C=O) groups excluding carboxylic acids is 1. The Morgan fingerprint density at radius 2 is 1.83 bits per heavy atom. The number of carbonyl (C=O) groups is 1. The van der Waals surface area contributed by atoms with Crippen LogP contribution in [-0.2, 0) is 4.79 Å². The standard InChI is InChI=1S/C19H18N2O2/c1-13(15-9-8-14-5-2-3-6-16(14)11-15)21-19(23)18(22)17-7-4-10-20-12-17/h2-13,18,22H,1H3,(H,21,23)/t13-,18-/m0/s1. The summed E-state index contributed by atoms with van der Waals surface area (Å²) in [5, 5.41) is 15.2. The van der Waals surface area contributed by atoms with Crippen LogP contribution in [0.2, 0.25) is 0 Å². The van der Waals surface area contributed by atoms with E-state index in [4.69, 9.17) is 0 Å². The van der Waals surface area contributed by atoms with Crippen molar-refractivity contribution < 1.29 is 9.90 Å². The van der Waals surface area contributed by atoms with E-state index in [0.717, 1.165) is 16.3 Å². The summed E-state index contributed by atoms with van der Waals surface area (Å²) in [6.07, 6.45) is 1.88. The van der Waals surface area contributed by atoms with Crippen molar-refractivity contribution in [3.8, 4) is 0 Å². The molecule has 0 aliphatic carbocycles. The summed E-state index contributed by atoms with van der Waals surface area (Å²) < 4.78 is 0. The van der Waals surface area contributed by atoms with E-state index in [2.05, 4.69) is 22.4 Å². The Morgan fingerprint density at radius 3 is 2.57 bits per heavy atom. The van der Waals surface area contributed by atoms with Crippen LogP contribution in [0.15, 0.2) is 67.0 Å². The Labute approximate surface area is 134 Å². The molecule has 0 saturated carbocycles. The Hall–Kier alpha value is -2.72. The lowest BCUT2D eigenvalue weighted by atomic mass is 10.0. The number of nitrogens with one attached hydrogen (secondary N) is 1. The van der Waals surface area contributed by atoms with Crippen molar-refractivity contribution in [1.82, 2.24) is 10.3 Å². The number of rotatable bonds is 4. The Bertz CT molecular complexity index is 818. The quantitative estimate of drug-likeness (QED) is 0.778. The number of nitrogens with zero attached hydrogens (tertiary/aromatic N) is 1. The molecule has 0 saturated heterocycles. The van der Waals surface area contributed by atoms with Gasteiger partial charge in [-0.1, -0.05) is 42.5 Å². The first-order valence-electron chi connectivity index (χ1n) is 7.52. The predicted octanol–water partition coefficient (Wildman–Crippen LogP) is 3.15. The molecule has 0 spiro atoms. The average molecular weight is 306 g/mol. The molecule has 3 rings (SSSR count). The summed E-state index contributed by atoms with van der Waals surface area (Å²) in [4.78, 5) is 16.1. The number of hydrogen-bond acceptors (Lipinski definition) is 3. The van der Waals surface area contributed by atoms with Crippen molar-refractivity contribution in [2.75, 3.05) is 0 Å². The van der Waals surface area contributed by atoms with E-state index in [1.165, 1.54) is 6.20 Å². The first kappa shape index (κ1) is 15.2. The Morgan fingerprint density at radius 1 is 1.04 bits per heavy atom. The minimum atomic E-state index is -1.22. The number of hydrogen-bond donors (Lipinski definition) is 2. The molecule has 0 bridgehead atoms. The van der Waals surface area contributed by atoms with Gasteiger partial charge in [0, 0.05) is 18.0 Å². The van der Waals surface area contributed by atoms with E-state index in [9.17, 15) is 9.90 Å². The van der Waals surface area contributed by atoms with Gasteiger partial charge in [0.05, 0.1) is 6.04 Å². The van der Waals surface area contributed by atoms with Gasteiger partial charge in [-0.25, -0.2) is 0 Å². The van der Waals surface area contributed by atoms with Gasteiger partial charge >= 0.3 is 0 Å². The number of amides is 1. The lowest BCUT2D eigenvalue weighted by molar-refractivity contribution is -0.130. The topological polar surface area (TPSA) is 62.2 Å². The Balaban J connectivity index is 1.74. The SMILES string of the molecule is C[C@H](NC(=O)[C@@H](O)c1cccnc1)c1ccc2ccccc2c1. The molecule has 1 heterocycles. The summed E-state index contributed by atoms with van der Waals surface area (Å²) in [5.41, 5.74) is 1.48. The van der Waals surface area contributed by atoms with Crippen LogP contribution in [0.4, 0.5) is 0 Å². The lowest BCUT2D eigenvalue weighted by Crippen LogP contribution is -2.31. The maximum atomic E-state index is 12.2. The minimum Gasteiger partial charge on any atom is -0.378 e. The van der Waals surface area contributed by atoms with Crippen LogP contribution in [0.25, 0.3) is 10.8 Å². The molecule has 0 aliphatic heterocycles. The molecule has 0 radical (unpaired) electrons. The van der Waals surface area contributed by atoms with Crippen LogP contribution in [0.1, 0.15) is 30.2 Å². The van der Waals surface area contributed by atoms with E-state index >= 15 is 0 Å². The van der Waals surface area contributed by atoms with Crippen molar-refractivity contribution in [2.24, 2.45) is 0 Å². The molecule has 2 N–H and O–H groups in total. The van der Waals surface area contributed by atoms with Gasteiger partial charge in [0.2, 0.25) is 0 Å². The Kier molecular flexibility index (Phi) is 4.35. The highest BCUT2D eigenvalue weighted by Crippen LogP contribution is 2.21. The van der Waals surface area contributed by atoms with Gasteiger partial charge in [-0.3, -0.25) is 9.78 Å². The van der Waals surface area contributed by atoms with Crippen molar-refractivity contribution in [1.29, 1.82) is 0 Å². The number of aromatic nitrogens is 1. The number of fused-ring (bicyclic) bond motifs is 1. The molecule has 3 aromatic rings. The highest BCUT2D eigenvalue weighted by molar-refractivity contribution is 5.84. The highest BCUT2D eigenvalue weighted by Gasteiger charge is 2.19. The van der Waals surface area contributed by atoms with Crippen LogP contribution >= 0.6 is 0 Å². The third-order valence-corrected chi connectivity index (χ3v) is 3.88. The number of pyridine rings is 1. The largest absolute Gasteiger partial charge is 0.378 e. The number of benzene rings is 2. The number of aliphatic hydroxyl groups is 1. The molecular weight excluding hydrogens is 288 g/mol. The fourth-order valence-corrected chi connectivity index (χ4v) is 2.54. The van der Waals surface area contributed by atoms with Crippen LogP contribution in [0, 0.1) is 0 Å². The average Bonchev–Trinajstić information content (AvgIpc) is 2.61. The second kappa shape index (κ2) is 6.58. The summed E-state index contributed by atoms with van der Waals surface area (Å²) in [7, 11) is 0. The van der Waals surface area contributed by atoms with Crippen LogP contribution in [-0.4, -0.2) is 16.0 Å². The van der Waals surface area contributed by atoms with Crippen LogP contribution in [0.5, 0.6) is 0 Å². The first-order chi connectivity index (χ1) is 11.1. The smallest absolute Gasteiger partial charge is 0.254 e. The molecule has 1 amide bonds. The van der Waals surface area contributed by atoms with Gasteiger partial charge in [0.1, 0.15) is 0 Å². The molecule has 1 aromatic heterocycles. The van der Waals surface area contributed by atoms with E-state index in [0.29, 0.717) is 5.56 Å². The van der Waals surface area contributed by atoms with Crippen LogP contribution < -0.4 is 5.32 Å². The van der Waals surface area contributed by atoms with Gasteiger partial charge < -0.3 is 10.4 Å². The fraction of sp³-hybridized carbons (Fsp3) is 0.158. The molecule has 0 aliphatic rings. The third-order valence-electron chi connectivity index (χ3n) is 3.88. The molecule has 23 heavy (non-hydrogen) atoms.